The molecule has 0 saturated carbocycles. The predicted molar refractivity (Wildman–Crippen MR) is 234 cm³/mol. The fraction of sp³-hybridized carbons (Fsp3) is 0.0189. The predicted octanol–water partition coefficient (Wildman–Crippen LogP) is 15.1. The van der Waals surface area contributed by atoms with Crippen LogP contribution in [-0.2, 0) is 0 Å². The van der Waals surface area contributed by atoms with Crippen molar-refractivity contribution in [1.82, 2.24) is 0 Å². The lowest BCUT2D eigenvalue weighted by Gasteiger charge is -2.27. The molecule has 0 aliphatic rings. The Bertz CT molecular complexity index is 2870. The van der Waals surface area contributed by atoms with E-state index in [1.807, 2.05) is 12.1 Å². The lowest BCUT2D eigenvalue weighted by Crippen LogP contribution is -2.14. The van der Waals surface area contributed by atoms with Crippen LogP contribution in [0.15, 0.2) is 223 Å². The molecule has 0 aliphatic carbocycles. The number of anilines is 2. The smallest absolute Gasteiger partial charge is 0.135 e. The molecule has 0 radical (unpaired) electrons. The number of hydrogen-bond acceptors (Lipinski definition) is 2. The second kappa shape index (κ2) is 14.7. The van der Waals surface area contributed by atoms with E-state index in [1.54, 1.807) is 0 Å². The Balaban J connectivity index is 1.13. The van der Waals surface area contributed by atoms with Gasteiger partial charge < -0.3 is 9.32 Å². The molecule has 0 atom stereocenters. The van der Waals surface area contributed by atoms with Crippen LogP contribution in [0.25, 0.3) is 71.7 Å². The van der Waals surface area contributed by atoms with E-state index in [0.29, 0.717) is 0 Å². The van der Waals surface area contributed by atoms with Gasteiger partial charge in [-0.1, -0.05) is 164 Å². The average Bonchev–Trinajstić information content (AvgIpc) is 3.62. The number of hydrogen-bond donors (Lipinski definition) is 0. The largest absolute Gasteiger partial charge is 0.456 e. The molecule has 55 heavy (non-hydrogen) atoms. The Kier molecular flexibility index (Phi) is 8.99. The van der Waals surface area contributed by atoms with Gasteiger partial charge in [0.25, 0.3) is 0 Å². The van der Waals surface area contributed by atoms with Gasteiger partial charge in [-0.2, -0.15) is 0 Å². The number of rotatable bonds is 9. The molecule has 8 aromatic carbocycles. The molecule has 0 aliphatic heterocycles. The van der Waals surface area contributed by atoms with Crippen LogP contribution in [0, 0.1) is 0 Å². The van der Waals surface area contributed by atoms with Crippen molar-refractivity contribution in [3.63, 3.8) is 0 Å². The molecule has 1 heterocycles. The first-order chi connectivity index (χ1) is 27.1. The third-order valence-electron chi connectivity index (χ3n) is 10.3. The van der Waals surface area contributed by atoms with E-state index >= 15 is 0 Å². The maximum absolute atomic E-state index is 6.16. The third-order valence-corrected chi connectivity index (χ3v) is 10.3. The highest BCUT2D eigenvalue weighted by Gasteiger charge is 2.16. The molecule has 9 rings (SSSR count). The van der Waals surface area contributed by atoms with Crippen LogP contribution < -0.4 is 4.90 Å². The lowest BCUT2D eigenvalue weighted by molar-refractivity contribution is 0.669. The summed E-state index contributed by atoms with van der Waals surface area (Å²) in [6.07, 6.45) is 6.42. The van der Waals surface area contributed by atoms with Gasteiger partial charge in [-0.05, 0) is 111 Å². The van der Waals surface area contributed by atoms with E-state index in [-0.39, 0.29) is 0 Å². The summed E-state index contributed by atoms with van der Waals surface area (Å²) in [5.74, 6) is 0. The van der Waals surface area contributed by atoms with Gasteiger partial charge in [-0.3, -0.25) is 0 Å². The van der Waals surface area contributed by atoms with E-state index in [1.165, 1.54) is 33.0 Å². The molecule has 9 aromatic rings. The molecule has 0 bridgehead atoms. The number of fused-ring (bicyclic) bond motifs is 4. The summed E-state index contributed by atoms with van der Waals surface area (Å²) in [7, 11) is 0. The summed E-state index contributed by atoms with van der Waals surface area (Å²) in [6, 6.07) is 66.6. The first-order valence-corrected chi connectivity index (χ1v) is 18.7. The van der Waals surface area contributed by atoms with Crippen molar-refractivity contribution < 1.29 is 4.42 Å². The minimum atomic E-state index is 0.847. The van der Waals surface area contributed by atoms with Crippen LogP contribution in [0.3, 0.4) is 0 Å². The van der Waals surface area contributed by atoms with Crippen LogP contribution >= 0.6 is 0 Å². The Hall–Kier alpha value is -7.16. The Labute approximate surface area is 322 Å². The highest BCUT2D eigenvalue weighted by atomic mass is 16.3. The van der Waals surface area contributed by atoms with Crippen LogP contribution in [0.2, 0.25) is 0 Å². The number of furan rings is 1. The van der Waals surface area contributed by atoms with Gasteiger partial charge in [0.15, 0.2) is 0 Å². The normalized spacial score (nSPS) is 11.8. The van der Waals surface area contributed by atoms with Crippen molar-refractivity contribution in [3.8, 4) is 33.4 Å². The van der Waals surface area contributed by atoms with Gasteiger partial charge in [-0.25, -0.2) is 0 Å². The van der Waals surface area contributed by atoms with Crippen LogP contribution in [0.5, 0.6) is 0 Å². The number of nitrogens with zero attached hydrogens (tertiary/aromatic N) is 1. The van der Waals surface area contributed by atoms with Crippen LogP contribution in [0.4, 0.5) is 11.4 Å². The summed E-state index contributed by atoms with van der Waals surface area (Å²) in [4.78, 5) is 2.26. The summed E-state index contributed by atoms with van der Waals surface area (Å²) >= 11 is 0. The van der Waals surface area contributed by atoms with Gasteiger partial charge in [0.2, 0.25) is 0 Å². The molecular formula is C53H39NO. The topological polar surface area (TPSA) is 16.4 Å². The van der Waals surface area contributed by atoms with E-state index in [4.69, 9.17) is 11.0 Å². The fourth-order valence-corrected chi connectivity index (χ4v) is 7.62. The molecule has 262 valence electrons. The Morgan fingerprint density at radius 2 is 1.09 bits per heavy atom. The molecule has 2 nitrogen and oxygen atoms in total. The molecule has 0 N–H and O–H groups in total. The van der Waals surface area contributed by atoms with E-state index < -0.39 is 0 Å². The minimum Gasteiger partial charge on any atom is -0.456 e. The Morgan fingerprint density at radius 3 is 1.85 bits per heavy atom. The molecule has 1 aromatic heterocycles. The Morgan fingerprint density at radius 1 is 0.491 bits per heavy atom. The molecule has 0 fully saturated rings. The molecule has 0 unspecified atom stereocenters. The maximum Gasteiger partial charge on any atom is 0.135 e. The van der Waals surface area contributed by atoms with Crippen molar-refractivity contribution in [3.05, 3.63) is 224 Å². The summed E-state index contributed by atoms with van der Waals surface area (Å²) < 4.78 is 6.16. The molecule has 0 amide bonds. The first-order valence-electron chi connectivity index (χ1n) is 18.7. The molecule has 0 spiro atoms. The van der Waals surface area contributed by atoms with Gasteiger partial charge >= 0.3 is 0 Å². The third kappa shape index (κ3) is 6.67. The number of benzene rings is 8. The van der Waals surface area contributed by atoms with Gasteiger partial charge in [0.05, 0.1) is 0 Å². The van der Waals surface area contributed by atoms with Crippen molar-refractivity contribution in [2.45, 2.75) is 6.92 Å². The zero-order valence-electron chi connectivity index (χ0n) is 30.7. The molecular weight excluding hydrogens is 667 g/mol. The SMILES string of the molecule is C=C(/C=C(\C=C/C)c1ccc2oc3ccccc3c2c1)N(c1ccc(-c2ccc(-c3ccccc3)cc2)cc1)c1cccc(-c2cccc3ccccc23)c1. The highest BCUT2D eigenvalue weighted by Crippen LogP contribution is 2.38. The second-order valence-electron chi connectivity index (χ2n) is 13.8. The monoisotopic (exact) mass is 705 g/mol. The first kappa shape index (κ1) is 33.7. The molecule has 0 saturated heterocycles. The fourth-order valence-electron chi connectivity index (χ4n) is 7.62. The van der Waals surface area contributed by atoms with Crippen molar-refractivity contribution in [2.75, 3.05) is 4.90 Å². The van der Waals surface area contributed by atoms with E-state index in [2.05, 4.69) is 206 Å². The van der Waals surface area contributed by atoms with Crippen molar-refractivity contribution >= 4 is 49.7 Å². The second-order valence-corrected chi connectivity index (χ2v) is 13.8. The van der Waals surface area contributed by atoms with E-state index in [0.717, 1.165) is 61.3 Å². The standard InChI is InChI=1S/C53H39NO/c1-3-13-43(44-30-33-53-51(36-44)50-21-9-10-23-52(50)55-53)34-37(2)54(47-19-11-18-45(35-47)49-22-12-17-42-16-7-8-20-48(42)49)46-31-28-41(29-32-46)40-26-24-39(25-27-40)38-14-5-4-6-15-38/h3-36H,2H2,1H3/b13-3-,43-34+. The minimum absolute atomic E-state index is 0.847. The summed E-state index contributed by atoms with van der Waals surface area (Å²) in [5.41, 5.74) is 13.9. The van der Waals surface area contributed by atoms with Gasteiger partial charge in [0, 0.05) is 27.8 Å². The van der Waals surface area contributed by atoms with Gasteiger partial charge in [-0.15, -0.1) is 0 Å². The van der Waals surface area contributed by atoms with Crippen molar-refractivity contribution in [2.24, 2.45) is 0 Å². The highest BCUT2D eigenvalue weighted by molar-refractivity contribution is 6.06. The molecule has 2 heteroatoms. The lowest BCUT2D eigenvalue weighted by atomic mass is 9.97. The van der Waals surface area contributed by atoms with Gasteiger partial charge in [0.1, 0.15) is 11.2 Å². The van der Waals surface area contributed by atoms with E-state index in [9.17, 15) is 0 Å². The average molecular weight is 706 g/mol. The zero-order chi connectivity index (χ0) is 37.1. The van der Waals surface area contributed by atoms with Crippen LogP contribution in [-0.4, -0.2) is 0 Å². The zero-order valence-corrected chi connectivity index (χ0v) is 30.7. The van der Waals surface area contributed by atoms with Crippen molar-refractivity contribution in [1.29, 1.82) is 0 Å². The maximum atomic E-state index is 6.16. The summed E-state index contributed by atoms with van der Waals surface area (Å²) in [6.45, 7) is 6.78. The summed E-state index contributed by atoms with van der Waals surface area (Å²) in [5, 5.41) is 4.66. The number of para-hydroxylation sites is 1. The quantitative estimate of drug-likeness (QED) is 0.139. The van der Waals surface area contributed by atoms with Crippen LogP contribution in [0.1, 0.15) is 12.5 Å². The number of allylic oxidation sites excluding steroid dienone is 4.